The van der Waals surface area contributed by atoms with Crippen molar-refractivity contribution >= 4 is 5.69 Å². The van der Waals surface area contributed by atoms with Crippen molar-refractivity contribution in [1.29, 1.82) is 0 Å². The molecule has 0 radical (unpaired) electrons. The van der Waals surface area contributed by atoms with Crippen molar-refractivity contribution in [3.05, 3.63) is 29.8 Å². The Kier molecular flexibility index (Phi) is 6.06. The van der Waals surface area contributed by atoms with E-state index in [2.05, 4.69) is 62.3 Å². The average Bonchev–Trinajstić information content (AvgIpc) is 2.30. The third kappa shape index (κ3) is 5.22. The van der Waals surface area contributed by atoms with Gasteiger partial charge in [0, 0.05) is 19.3 Å². The van der Waals surface area contributed by atoms with E-state index >= 15 is 0 Å². The van der Waals surface area contributed by atoms with Gasteiger partial charge in [0.1, 0.15) is 0 Å². The number of benzene rings is 1. The summed E-state index contributed by atoms with van der Waals surface area (Å²) in [5.74, 6) is 0.674. The van der Waals surface area contributed by atoms with Crippen molar-refractivity contribution in [3.63, 3.8) is 0 Å². The molecule has 1 N–H and O–H groups in total. The molecule has 0 bridgehead atoms. The summed E-state index contributed by atoms with van der Waals surface area (Å²) < 4.78 is 0. The van der Waals surface area contributed by atoms with Crippen LogP contribution in [0.5, 0.6) is 0 Å². The molecule has 1 unspecified atom stereocenters. The Hall–Kier alpha value is -1.02. The van der Waals surface area contributed by atoms with E-state index in [1.807, 2.05) is 0 Å². The zero-order chi connectivity index (χ0) is 12.7. The van der Waals surface area contributed by atoms with Crippen LogP contribution in [0.2, 0.25) is 0 Å². The molecule has 0 aromatic heterocycles. The zero-order valence-electron chi connectivity index (χ0n) is 11.7. The van der Waals surface area contributed by atoms with Crippen LogP contribution in [0.15, 0.2) is 24.3 Å². The highest BCUT2D eigenvalue weighted by Crippen LogP contribution is 2.14. The summed E-state index contributed by atoms with van der Waals surface area (Å²) in [6, 6.07) is 8.74. The number of rotatable bonds is 7. The second-order valence-corrected chi connectivity index (χ2v) is 5.03. The van der Waals surface area contributed by atoms with Crippen LogP contribution < -0.4 is 10.2 Å². The van der Waals surface area contributed by atoms with Gasteiger partial charge in [0.05, 0.1) is 0 Å². The first-order valence-electron chi connectivity index (χ1n) is 6.62. The van der Waals surface area contributed by atoms with E-state index in [9.17, 15) is 0 Å². The maximum Gasteiger partial charge on any atom is 0.0363 e. The predicted octanol–water partition coefficient (Wildman–Crippen LogP) is 3.07. The summed E-state index contributed by atoms with van der Waals surface area (Å²) in [7, 11) is 2.17. The Morgan fingerprint density at radius 3 is 2.47 bits per heavy atom. The quantitative estimate of drug-likeness (QED) is 0.729. The third-order valence-electron chi connectivity index (χ3n) is 2.98. The summed E-state index contributed by atoms with van der Waals surface area (Å²) in [5.41, 5.74) is 2.62. The molecule has 2 heteroatoms. The first kappa shape index (κ1) is 14.0. The molecule has 17 heavy (non-hydrogen) atoms. The van der Waals surface area contributed by atoms with Crippen molar-refractivity contribution in [2.75, 3.05) is 31.6 Å². The summed E-state index contributed by atoms with van der Waals surface area (Å²) >= 11 is 0. The minimum atomic E-state index is 0.674. The fourth-order valence-corrected chi connectivity index (χ4v) is 1.96. The van der Waals surface area contributed by atoms with Crippen LogP contribution in [0.25, 0.3) is 0 Å². The molecular formula is C15H26N2. The van der Waals surface area contributed by atoms with Crippen LogP contribution in [0.3, 0.4) is 0 Å². The van der Waals surface area contributed by atoms with Crippen LogP contribution in [-0.2, 0) is 0 Å². The number of aryl methyl sites for hydroxylation is 1. The van der Waals surface area contributed by atoms with E-state index in [1.54, 1.807) is 0 Å². The molecule has 0 heterocycles. The molecule has 0 fully saturated rings. The van der Waals surface area contributed by atoms with E-state index in [0.29, 0.717) is 5.92 Å². The maximum atomic E-state index is 3.47. The van der Waals surface area contributed by atoms with Gasteiger partial charge in [-0.15, -0.1) is 0 Å². The lowest BCUT2D eigenvalue weighted by Gasteiger charge is -2.23. The molecule has 1 aromatic rings. The molecule has 0 aliphatic rings. The van der Waals surface area contributed by atoms with Gasteiger partial charge in [-0.25, -0.2) is 0 Å². The van der Waals surface area contributed by atoms with E-state index in [0.717, 1.165) is 19.6 Å². The number of nitrogens with zero attached hydrogens (tertiary/aromatic N) is 1. The molecular weight excluding hydrogens is 208 g/mol. The highest BCUT2D eigenvalue weighted by Gasteiger charge is 2.06. The van der Waals surface area contributed by atoms with Crippen LogP contribution >= 0.6 is 0 Å². The molecule has 1 rings (SSSR count). The second kappa shape index (κ2) is 7.33. The molecule has 0 saturated carbocycles. The van der Waals surface area contributed by atoms with Crippen LogP contribution in [0, 0.1) is 12.8 Å². The SMILES string of the molecule is CCCNCC(C)CN(C)c1ccc(C)cc1. The topological polar surface area (TPSA) is 15.3 Å². The van der Waals surface area contributed by atoms with Crippen LogP contribution in [0.4, 0.5) is 5.69 Å². The normalized spacial score (nSPS) is 12.5. The zero-order valence-corrected chi connectivity index (χ0v) is 11.7. The fourth-order valence-electron chi connectivity index (χ4n) is 1.96. The number of hydrogen-bond donors (Lipinski definition) is 1. The summed E-state index contributed by atoms with van der Waals surface area (Å²) in [4.78, 5) is 2.33. The van der Waals surface area contributed by atoms with E-state index in [1.165, 1.54) is 17.7 Å². The Morgan fingerprint density at radius 2 is 1.88 bits per heavy atom. The summed E-state index contributed by atoms with van der Waals surface area (Å²) in [6.07, 6.45) is 1.21. The van der Waals surface area contributed by atoms with Crippen molar-refractivity contribution in [1.82, 2.24) is 5.32 Å². The molecule has 0 aliphatic heterocycles. The van der Waals surface area contributed by atoms with Gasteiger partial charge in [0.2, 0.25) is 0 Å². The average molecular weight is 234 g/mol. The van der Waals surface area contributed by atoms with E-state index in [-0.39, 0.29) is 0 Å². The minimum absolute atomic E-state index is 0.674. The summed E-state index contributed by atoms with van der Waals surface area (Å²) in [6.45, 7) is 9.95. The lowest BCUT2D eigenvalue weighted by atomic mass is 10.1. The predicted molar refractivity (Wildman–Crippen MR) is 76.8 cm³/mol. The Balaban J connectivity index is 2.37. The molecule has 0 amide bonds. The third-order valence-corrected chi connectivity index (χ3v) is 2.98. The number of hydrogen-bond acceptors (Lipinski definition) is 2. The van der Waals surface area contributed by atoms with Gasteiger partial charge in [-0.05, 0) is 44.5 Å². The fraction of sp³-hybridized carbons (Fsp3) is 0.600. The molecule has 2 nitrogen and oxygen atoms in total. The van der Waals surface area contributed by atoms with E-state index in [4.69, 9.17) is 0 Å². The summed E-state index contributed by atoms with van der Waals surface area (Å²) in [5, 5.41) is 3.47. The minimum Gasteiger partial charge on any atom is -0.374 e. The number of anilines is 1. The molecule has 0 spiro atoms. The van der Waals surface area contributed by atoms with Gasteiger partial charge in [-0.2, -0.15) is 0 Å². The molecule has 1 aromatic carbocycles. The largest absolute Gasteiger partial charge is 0.374 e. The van der Waals surface area contributed by atoms with Crippen molar-refractivity contribution in [2.45, 2.75) is 27.2 Å². The molecule has 96 valence electrons. The Morgan fingerprint density at radius 1 is 1.24 bits per heavy atom. The van der Waals surface area contributed by atoms with E-state index < -0.39 is 0 Å². The Bertz CT molecular complexity index is 305. The highest BCUT2D eigenvalue weighted by molar-refractivity contribution is 5.46. The van der Waals surface area contributed by atoms with Crippen molar-refractivity contribution < 1.29 is 0 Å². The second-order valence-electron chi connectivity index (χ2n) is 5.03. The van der Waals surface area contributed by atoms with Gasteiger partial charge in [-0.3, -0.25) is 0 Å². The lowest BCUT2D eigenvalue weighted by Crippen LogP contribution is -2.31. The van der Waals surface area contributed by atoms with Crippen molar-refractivity contribution in [3.8, 4) is 0 Å². The molecule has 0 aliphatic carbocycles. The van der Waals surface area contributed by atoms with Gasteiger partial charge < -0.3 is 10.2 Å². The maximum absolute atomic E-state index is 3.47. The monoisotopic (exact) mass is 234 g/mol. The Labute approximate surface area is 106 Å². The lowest BCUT2D eigenvalue weighted by molar-refractivity contribution is 0.512. The number of nitrogens with one attached hydrogen (secondary N) is 1. The van der Waals surface area contributed by atoms with Crippen molar-refractivity contribution in [2.24, 2.45) is 5.92 Å². The van der Waals surface area contributed by atoms with Gasteiger partial charge >= 0.3 is 0 Å². The van der Waals surface area contributed by atoms with Gasteiger partial charge in [0.15, 0.2) is 0 Å². The van der Waals surface area contributed by atoms with Gasteiger partial charge in [-0.1, -0.05) is 31.5 Å². The van der Waals surface area contributed by atoms with Crippen LogP contribution in [0.1, 0.15) is 25.8 Å². The molecule has 1 atom stereocenters. The standard InChI is InChI=1S/C15H26N2/c1-5-10-16-11-14(3)12-17(4)15-8-6-13(2)7-9-15/h6-9,14,16H,5,10-12H2,1-4H3. The first-order valence-corrected chi connectivity index (χ1v) is 6.62. The molecule has 0 saturated heterocycles. The first-order chi connectivity index (χ1) is 8.13. The highest BCUT2D eigenvalue weighted by atomic mass is 15.1. The smallest absolute Gasteiger partial charge is 0.0363 e. The van der Waals surface area contributed by atoms with Crippen LogP contribution in [-0.4, -0.2) is 26.7 Å². The van der Waals surface area contributed by atoms with Gasteiger partial charge in [0.25, 0.3) is 0 Å².